The van der Waals surface area contributed by atoms with E-state index in [-0.39, 0.29) is 17.9 Å². The maximum atomic E-state index is 12.0. The number of benzene rings is 1. The Morgan fingerprint density at radius 3 is 2.91 bits per heavy atom. The highest BCUT2D eigenvalue weighted by molar-refractivity contribution is 5.94. The summed E-state index contributed by atoms with van der Waals surface area (Å²) in [4.78, 5) is 25.6. The van der Waals surface area contributed by atoms with Crippen molar-refractivity contribution in [3.8, 4) is 5.75 Å². The number of hydrogen-bond donors (Lipinski definition) is 2. The van der Waals surface area contributed by atoms with Gasteiger partial charge in [0.05, 0.1) is 13.1 Å². The maximum Gasteiger partial charge on any atom is 0.317 e. The Morgan fingerprint density at radius 2 is 2.18 bits per heavy atom. The van der Waals surface area contributed by atoms with Crippen molar-refractivity contribution in [2.45, 2.75) is 26.3 Å². The number of urea groups is 1. The Morgan fingerprint density at radius 1 is 1.36 bits per heavy atom. The molecule has 22 heavy (non-hydrogen) atoms. The Bertz CT molecular complexity index is 584. The predicted molar refractivity (Wildman–Crippen MR) is 82.8 cm³/mol. The van der Waals surface area contributed by atoms with Gasteiger partial charge in [-0.2, -0.15) is 0 Å². The van der Waals surface area contributed by atoms with E-state index in [1.807, 2.05) is 25.1 Å². The van der Waals surface area contributed by atoms with Crippen LogP contribution in [0.15, 0.2) is 18.2 Å². The van der Waals surface area contributed by atoms with Crippen LogP contribution in [0.3, 0.4) is 0 Å². The van der Waals surface area contributed by atoms with Gasteiger partial charge in [-0.15, -0.1) is 0 Å². The van der Waals surface area contributed by atoms with E-state index in [4.69, 9.17) is 4.74 Å². The molecule has 0 saturated heterocycles. The summed E-state index contributed by atoms with van der Waals surface area (Å²) in [6.07, 6.45) is 1.95. The van der Waals surface area contributed by atoms with Gasteiger partial charge in [0.2, 0.25) is 5.91 Å². The van der Waals surface area contributed by atoms with Gasteiger partial charge in [0.25, 0.3) is 0 Å². The third-order valence-electron chi connectivity index (χ3n) is 3.87. The highest BCUT2D eigenvalue weighted by atomic mass is 16.5. The summed E-state index contributed by atoms with van der Waals surface area (Å²) in [6, 6.07) is 5.51. The fourth-order valence-corrected chi connectivity index (χ4v) is 2.50. The van der Waals surface area contributed by atoms with Crippen LogP contribution >= 0.6 is 0 Å². The lowest BCUT2D eigenvalue weighted by Gasteiger charge is -2.20. The van der Waals surface area contributed by atoms with Crippen molar-refractivity contribution < 1.29 is 14.3 Å². The monoisotopic (exact) mass is 303 g/mol. The molecular formula is C16H21N3O3. The molecule has 0 atom stereocenters. The molecular weight excluding hydrogens is 282 g/mol. The topological polar surface area (TPSA) is 70.7 Å². The van der Waals surface area contributed by atoms with Gasteiger partial charge in [0.15, 0.2) is 0 Å². The molecule has 2 N–H and O–H groups in total. The average molecular weight is 303 g/mol. The van der Waals surface area contributed by atoms with Crippen LogP contribution in [0.5, 0.6) is 5.75 Å². The third-order valence-corrected chi connectivity index (χ3v) is 3.87. The minimum absolute atomic E-state index is 0.0788. The van der Waals surface area contributed by atoms with Crippen molar-refractivity contribution in [3.63, 3.8) is 0 Å². The molecule has 1 aromatic rings. The Labute approximate surface area is 129 Å². The van der Waals surface area contributed by atoms with Crippen LogP contribution in [0.1, 0.15) is 25.3 Å². The smallest absolute Gasteiger partial charge is 0.317 e. The SMILES string of the molecule is CCNC(=O)N1CCOc2ccc(NC(=O)C3CC3)cc2C1. The fraction of sp³-hybridized carbons (Fsp3) is 0.500. The number of fused-ring (bicyclic) bond motifs is 1. The zero-order chi connectivity index (χ0) is 15.5. The molecule has 0 bridgehead atoms. The van der Waals surface area contributed by atoms with E-state index >= 15 is 0 Å². The molecule has 1 aromatic carbocycles. The maximum absolute atomic E-state index is 12.0. The molecule has 1 saturated carbocycles. The van der Waals surface area contributed by atoms with Crippen molar-refractivity contribution in [2.24, 2.45) is 5.92 Å². The van der Waals surface area contributed by atoms with E-state index in [1.165, 1.54) is 0 Å². The van der Waals surface area contributed by atoms with Gasteiger partial charge in [-0.25, -0.2) is 4.79 Å². The number of nitrogens with zero attached hydrogens (tertiary/aromatic N) is 1. The van der Waals surface area contributed by atoms with Gasteiger partial charge < -0.3 is 20.3 Å². The number of amides is 3. The molecule has 6 nitrogen and oxygen atoms in total. The summed E-state index contributed by atoms with van der Waals surface area (Å²) in [5.74, 6) is 1.02. The van der Waals surface area contributed by atoms with E-state index in [0.29, 0.717) is 26.2 Å². The van der Waals surface area contributed by atoms with Crippen LogP contribution in [-0.2, 0) is 11.3 Å². The quantitative estimate of drug-likeness (QED) is 0.896. The van der Waals surface area contributed by atoms with Gasteiger partial charge in [-0.3, -0.25) is 4.79 Å². The molecule has 1 fully saturated rings. The first kappa shape index (κ1) is 14.7. The summed E-state index contributed by atoms with van der Waals surface area (Å²) in [5.41, 5.74) is 1.68. The van der Waals surface area contributed by atoms with Crippen molar-refractivity contribution >= 4 is 17.6 Å². The second kappa shape index (κ2) is 6.25. The van der Waals surface area contributed by atoms with Crippen molar-refractivity contribution in [1.29, 1.82) is 0 Å². The second-order valence-corrected chi connectivity index (χ2v) is 5.69. The lowest BCUT2D eigenvalue weighted by atomic mass is 10.1. The van der Waals surface area contributed by atoms with Crippen LogP contribution in [0.2, 0.25) is 0 Å². The summed E-state index contributed by atoms with van der Waals surface area (Å²) in [7, 11) is 0. The minimum Gasteiger partial charge on any atom is -0.491 e. The first-order valence-electron chi connectivity index (χ1n) is 7.76. The highest BCUT2D eigenvalue weighted by Gasteiger charge is 2.29. The predicted octanol–water partition coefficient (Wildman–Crippen LogP) is 1.96. The lowest BCUT2D eigenvalue weighted by Crippen LogP contribution is -2.40. The Kier molecular flexibility index (Phi) is 4.18. The fourth-order valence-electron chi connectivity index (χ4n) is 2.50. The van der Waals surface area contributed by atoms with Crippen molar-refractivity contribution in [1.82, 2.24) is 10.2 Å². The van der Waals surface area contributed by atoms with Gasteiger partial charge in [0, 0.05) is 23.7 Å². The normalized spacial score (nSPS) is 17.0. The first-order valence-corrected chi connectivity index (χ1v) is 7.76. The van der Waals surface area contributed by atoms with Crippen molar-refractivity contribution in [3.05, 3.63) is 23.8 Å². The summed E-state index contributed by atoms with van der Waals surface area (Å²) in [5, 5.41) is 5.74. The third kappa shape index (κ3) is 3.32. The molecule has 0 aromatic heterocycles. The number of nitrogens with one attached hydrogen (secondary N) is 2. The Balaban J connectivity index is 1.74. The lowest BCUT2D eigenvalue weighted by molar-refractivity contribution is -0.117. The summed E-state index contributed by atoms with van der Waals surface area (Å²) in [6.45, 7) is 3.99. The minimum atomic E-state index is -0.0913. The molecule has 1 heterocycles. The van der Waals surface area contributed by atoms with Gasteiger partial charge in [0.1, 0.15) is 12.4 Å². The molecule has 0 radical (unpaired) electrons. The number of ether oxygens (including phenoxy) is 1. The molecule has 118 valence electrons. The van der Waals surface area contributed by atoms with Gasteiger partial charge in [-0.1, -0.05) is 0 Å². The molecule has 2 aliphatic rings. The van der Waals surface area contributed by atoms with Crippen LogP contribution in [0.4, 0.5) is 10.5 Å². The molecule has 0 spiro atoms. The van der Waals surface area contributed by atoms with Crippen LogP contribution in [0.25, 0.3) is 0 Å². The largest absolute Gasteiger partial charge is 0.491 e. The van der Waals surface area contributed by atoms with E-state index < -0.39 is 0 Å². The van der Waals surface area contributed by atoms with E-state index in [0.717, 1.165) is 29.8 Å². The first-order chi connectivity index (χ1) is 10.7. The highest BCUT2D eigenvalue weighted by Crippen LogP contribution is 2.31. The van der Waals surface area contributed by atoms with Crippen LogP contribution < -0.4 is 15.4 Å². The molecule has 0 unspecified atom stereocenters. The zero-order valence-electron chi connectivity index (χ0n) is 12.7. The van der Waals surface area contributed by atoms with E-state index in [9.17, 15) is 9.59 Å². The average Bonchev–Trinajstić information content (AvgIpc) is 3.33. The molecule has 1 aliphatic heterocycles. The molecule has 6 heteroatoms. The summed E-state index contributed by atoms with van der Waals surface area (Å²) >= 11 is 0. The number of carbonyl (C=O) groups is 2. The van der Waals surface area contributed by atoms with Crippen molar-refractivity contribution in [2.75, 3.05) is 25.0 Å². The van der Waals surface area contributed by atoms with E-state index in [2.05, 4.69) is 10.6 Å². The van der Waals surface area contributed by atoms with Crippen LogP contribution in [0, 0.1) is 5.92 Å². The number of anilines is 1. The zero-order valence-corrected chi connectivity index (χ0v) is 12.7. The van der Waals surface area contributed by atoms with Crippen LogP contribution in [-0.4, -0.2) is 36.5 Å². The van der Waals surface area contributed by atoms with Gasteiger partial charge >= 0.3 is 6.03 Å². The second-order valence-electron chi connectivity index (χ2n) is 5.69. The summed E-state index contributed by atoms with van der Waals surface area (Å²) < 4.78 is 5.69. The standard InChI is InChI=1S/C16H21N3O3/c1-2-17-16(21)19-7-8-22-14-6-5-13(9-12(14)10-19)18-15(20)11-3-4-11/h5-6,9,11H,2-4,7-8,10H2,1H3,(H,17,21)(H,18,20). The number of carbonyl (C=O) groups excluding carboxylic acids is 2. The molecule has 1 aliphatic carbocycles. The van der Waals surface area contributed by atoms with Gasteiger partial charge in [-0.05, 0) is 38.0 Å². The number of rotatable bonds is 3. The Hall–Kier alpha value is -2.24. The van der Waals surface area contributed by atoms with E-state index in [1.54, 1.807) is 4.90 Å². The number of hydrogen-bond acceptors (Lipinski definition) is 3. The molecule has 3 rings (SSSR count). The molecule has 3 amide bonds.